The van der Waals surface area contributed by atoms with E-state index in [9.17, 15) is 19.8 Å². The molecule has 0 aliphatic rings. The highest BCUT2D eigenvalue weighted by molar-refractivity contribution is 5.77. The van der Waals surface area contributed by atoms with Gasteiger partial charge < -0.3 is 20.3 Å². The zero-order chi connectivity index (χ0) is 39.6. The second-order valence-corrected chi connectivity index (χ2v) is 15.8. The van der Waals surface area contributed by atoms with Crippen molar-refractivity contribution < 1.29 is 24.5 Å². The van der Waals surface area contributed by atoms with E-state index in [1.165, 1.54) is 109 Å². The van der Waals surface area contributed by atoms with Crippen LogP contribution in [0, 0.1) is 0 Å². The molecule has 0 radical (unpaired) electrons. The van der Waals surface area contributed by atoms with Crippen molar-refractivity contribution in [1.29, 1.82) is 0 Å². The van der Waals surface area contributed by atoms with Crippen LogP contribution in [-0.2, 0) is 14.3 Å². The van der Waals surface area contributed by atoms with Crippen molar-refractivity contribution in [2.45, 2.75) is 251 Å². The third-order valence-corrected chi connectivity index (χ3v) is 10.5. The Morgan fingerprint density at radius 1 is 0.556 bits per heavy atom. The van der Waals surface area contributed by atoms with E-state index < -0.39 is 18.2 Å². The number of aliphatic hydroxyl groups excluding tert-OH is 2. The average Bonchev–Trinajstić information content (AvgIpc) is 3.16. The summed E-state index contributed by atoms with van der Waals surface area (Å²) in [4.78, 5) is 25.9. The third kappa shape index (κ3) is 37.0. The molecule has 3 unspecified atom stereocenters. The standard InChI is InChI=1S/C48H89NO5/c1-4-7-10-13-16-19-22-24-26-28-31-34-37-40-46(51)45(43-50)49-47(52)42-44(39-36-33-30-27-25-23-20-17-14-11-8-5-2)54-48(53)41-38-35-32-29-21-18-15-12-9-6-3/h8,11,17,20,25,27,44-46,50-51H,4-7,9-10,12-16,18-19,21-24,26,28-43H2,1-3H3,(H,49,52)/b11-8+,20-17+,27-25+. The van der Waals surface area contributed by atoms with Crippen LogP contribution in [0.1, 0.15) is 233 Å². The molecule has 3 atom stereocenters. The van der Waals surface area contributed by atoms with Gasteiger partial charge in [0.1, 0.15) is 6.10 Å². The number of carbonyl (C=O) groups is 2. The fourth-order valence-electron chi connectivity index (χ4n) is 6.97. The molecule has 0 heterocycles. The molecular formula is C48H89NO5. The molecule has 0 saturated carbocycles. The molecule has 1 amide bonds. The number of hydrogen-bond donors (Lipinski definition) is 3. The monoisotopic (exact) mass is 760 g/mol. The highest BCUT2D eigenvalue weighted by Crippen LogP contribution is 2.17. The van der Waals surface area contributed by atoms with Crippen molar-refractivity contribution in [2.75, 3.05) is 6.61 Å². The first-order chi connectivity index (χ1) is 26.5. The lowest BCUT2D eigenvalue weighted by atomic mass is 10.0. The molecule has 0 aromatic rings. The Balaban J connectivity index is 4.60. The Labute approximate surface area is 334 Å². The summed E-state index contributed by atoms with van der Waals surface area (Å²) in [7, 11) is 0. The normalized spacial score (nSPS) is 13.6. The van der Waals surface area contributed by atoms with Crippen LogP contribution in [0.4, 0.5) is 0 Å². The van der Waals surface area contributed by atoms with Gasteiger partial charge in [-0.25, -0.2) is 0 Å². The summed E-state index contributed by atoms with van der Waals surface area (Å²) in [6.07, 6.45) is 47.8. The summed E-state index contributed by atoms with van der Waals surface area (Å²) >= 11 is 0. The van der Waals surface area contributed by atoms with Crippen LogP contribution < -0.4 is 5.32 Å². The summed E-state index contributed by atoms with van der Waals surface area (Å²) in [6, 6.07) is -0.709. The summed E-state index contributed by atoms with van der Waals surface area (Å²) in [6.45, 7) is 6.34. The topological polar surface area (TPSA) is 95.9 Å². The number of ether oxygens (including phenoxy) is 1. The van der Waals surface area contributed by atoms with E-state index in [0.29, 0.717) is 19.3 Å². The van der Waals surface area contributed by atoms with Gasteiger partial charge in [0, 0.05) is 6.42 Å². The molecule has 0 aromatic carbocycles. The molecular weight excluding hydrogens is 671 g/mol. The second-order valence-electron chi connectivity index (χ2n) is 15.8. The second kappa shape index (κ2) is 42.2. The van der Waals surface area contributed by atoms with Crippen LogP contribution in [-0.4, -0.2) is 46.9 Å². The predicted molar refractivity (Wildman–Crippen MR) is 232 cm³/mol. The Bertz CT molecular complexity index is 900. The van der Waals surface area contributed by atoms with Gasteiger partial charge in [-0.05, 0) is 57.8 Å². The number of hydrogen-bond acceptors (Lipinski definition) is 5. The Hall–Kier alpha value is -1.92. The molecule has 0 bridgehead atoms. The van der Waals surface area contributed by atoms with Gasteiger partial charge in [0.05, 0.1) is 25.2 Å². The quantitative estimate of drug-likeness (QED) is 0.0328. The Kier molecular flexibility index (Phi) is 40.7. The zero-order valence-electron chi connectivity index (χ0n) is 35.9. The van der Waals surface area contributed by atoms with Crippen LogP contribution >= 0.6 is 0 Å². The lowest BCUT2D eigenvalue weighted by molar-refractivity contribution is -0.151. The molecule has 6 heteroatoms. The van der Waals surface area contributed by atoms with Gasteiger partial charge in [0.15, 0.2) is 0 Å². The fraction of sp³-hybridized carbons (Fsp3) is 0.833. The maximum atomic E-state index is 13.1. The molecule has 0 aliphatic heterocycles. The van der Waals surface area contributed by atoms with Crippen molar-refractivity contribution in [3.05, 3.63) is 36.5 Å². The number of carbonyl (C=O) groups excluding carboxylic acids is 2. The summed E-state index contributed by atoms with van der Waals surface area (Å²) < 4.78 is 5.87. The summed E-state index contributed by atoms with van der Waals surface area (Å²) in [5, 5.41) is 23.6. The van der Waals surface area contributed by atoms with Crippen LogP contribution in [0.15, 0.2) is 36.5 Å². The molecule has 54 heavy (non-hydrogen) atoms. The first-order valence-electron chi connectivity index (χ1n) is 23.2. The lowest BCUT2D eigenvalue weighted by Gasteiger charge is -2.24. The number of aliphatic hydroxyl groups is 2. The summed E-state index contributed by atoms with van der Waals surface area (Å²) in [5.74, 6) is -0.510. The molecule has 0 rings (SSSR count). The number of unbranched alkanes of at least 4 members (excludes halogenated alkanes) is 23. The first-order valence-corrected chi connectivity index (χ1v) is 23.2. The van der Waals surface area contributed by atoms with E-state index in [1.54, 1.807) is 0 Å². The molecule has 6 nitrogen and oxygen atoms in total. The largest absolute Gasteiger partial charge is 0.462 e. The van der Waals surface area contributed by atoms with E-state index in [2.05, 4.69) is 62.5 Å². The maximum absolute atomic E-state index is 13.1. The van der Waals surface area contributed by atoms with Crippen LogP contribution in [0.2, 0.25) is 0 Å². The van der Waals surface area contributed by atoms with E-state index in [4.69, 9.17) is 4.74 Å². The number of esters is 1. The molecule has 3 N–H and O–H groups in total. The Morgan fingerprint density at radius 3 is 1.50 bits per heavy atom. The van der Waals surface area contributed by atoms with Gasteiger partial charge in [-0.1, -0.05) is 198 Å². The van der Waals surface area contributed by atoms with Crippen LogP contribution in [0.3, 0.4) is 0 Å². The molecule has 0 fully saturated rings. The van der Waals surface area contributed by atoms with E-state index in [0.717, 1.165) is 77.0 Å². The van der Waals surface area contributed by atoms with E-state index >= 15 is 0 Å². The van der Waals surface area contributed by atoms with Gasteiger partial charge in [-0.3, -0.25) is 9.59 Å². The van der Waals surface area contributed by atoms with Crippen LogP contribution in [0.25, 0.3) is 0 Å². The van der Waals surface area contributed by atoms with Crippen molar-refractivity contribution in [3.8, 4) is 0 Å². The van der Waals surface area contributed by atoms with Crippen molar-refractivity contribution in [2.24, 2.45) is 0 Å². The molecule has 0 spiro atoms. The number of nitrogens with one attached hydrogen (secondary N) is 1. The summed E-state index contributed by atoms with van der Waals surface area (Å²) in [5.41, 5.74) is 0. The van der Waals surface area contributed by atoms with E-state index in [-0.39, 0.29) is 24.9 Å². The van der Waals surface area contributed by atoms with Crippen LogP contribution in [0.5, 0.6) is 0 Å². The SMILES string of the molecule is CC/C=C/C/C=C/C/C=C/CCCCC(CC(=O)NC(CO)C(O)CCCCCCCCCCCCCCC)OC(=O)CCCCCCCCCCCC. The molecule has 0 aromatic heterocycles. The van der Waals surface area contributed by atoms with Gasteiger partial charge in [0.25, 0.3) is 0 Å². The minimum absolute atomic E-state index is 0.0544. The minimum Gasteiger partial charge on any atom is -0.462 e. The van der Waals surface area contributed by atoms with Crippen molar-refractivity contribution >= 4 is 11.9 Å². The maximum Gasteiger partial charge on any atom is 0.306 e. The van der Waals surface area contributed by atoms with E-state index in [1.807, 2.05) is 0 Å². The number of allylic oxidation sites excluding steroid dienone is 6. The molecule has 0 saturated heterocycles. The third-order valence-electron chi connectivity index (χ3n) is 10.5. The smallest absolute Gasteiger partial charge is 0.306 e. The highest BCUT2D eigenvalue weighted by Gasteiger charge is 2.24. The lowest BCUT2D eigenvalue weighted by Crippen LogP contribution is -2.46. The van der Waals surface area contributed by atoms with Crippen molar-refractivity contribution in [1.82, 2.24) is 5.32 Å². The zero-order valence-corrected chi connectivity index (χ0v) is 35.9. The van der Waals surface area contributed by atoms with Gasteiger partial charge in [-0.2, -0.15) is 0 Å². The fourth-order valence-corrected chi connectivity index (χ4v) is 6.97. The average molecular weight is 760 g/mol. The number of amides is 1. The predicted octanol–water partition coefficient (Wildman–Crippen LogP) is 13.3. The van der Waals surface area contributed by atoms with Gasteiger partial charge >= 0.3 is 5.97 Å². The molecule has 0 aliphatic carbocycles. The number of rotatable bonds is 41. The molecule has 316 valence electrons. The van der Waals surface area contributed by atoms with Gasteiger partial charge in [0.2, 0.25) is 5.91 Å². The minimum atomic E-state index is -0.793. The highest BCUT2D eigenvalue weighted by atomic mass is 16.5. The van der Waals surface area contributed by atoms with Gasteiger partial charge in [-0.15, -0.1) is 0 Å². The van der Waals surface area contributed by atoms with Crippen molar-refractivity contribution in [3.63, 3.8) is 0 Å². The first kappa shape index (κ1) is 52.1. The Morgan fingerprint density at radius 2 is 1.00 bits per heavy atom.